The van der Waals surface area contributed by atoms with Crippen molar-refractivity contribution in [2.24, 2.45) is 0 Å². The zero-order chi connectivity index (χ0) is 21.1. The Bertz CT molecular complexity index is 1070. The summed E-state index contributed by atoms with van der Waals surface area (Å²) < 4.78 is 27.4. The third-order valence-corrected chi connectivity index (χ3v) is 6.07. The molecular weight excluding hydrogens is 393 g/mol. The number of fused-ring (bicyclic) bond motifs is 1. The Hall–Kier alpha value is -2.51. The summed E-state index contributed by atoms with van der Waals surface area (Å²) in [5.74, 6) is -1.31. The molecule has 0 fully saturated rings. The van der Waals surface area contributed by atoms with Gasteiger partial charge in [-0.1, -0.05) is 13.0 Å². The molecule has 3 aromatic rings. The van der Waals surface area contributed by atoms with E-state index in [0.29, 0.717) is 21.2 Å². The Morgan fingerprint density at radius 3 is 2.69 bits per heavy atom. The number of hydrogen-bond acceptors (Lipinski definition) is 5. The van der Waals surface area contributed by atoms with Crippen LogP contribution in [0.15, 0.2) is 24.3 Å². The highest BCUT2D eigenvalue weighted by atomic mass is 32.1. The molecule has 5 nitrogen and oxygen atoms in total. The van der Waals surface area contributed by atoms with Gasteiger partial charge in [-0.15, -0.1) is 11.3 Å². The van der Waals surface area contributed by atoms with E-state index < -0.39 is 11.8 Å². The lowest BCUT2D eigenvalue weighted by Gasteiger charge is -2.08. The van der Waals surface area contributed by atoms with Crippen LogP contribution in [0.3, 0.4) is 0 Å². The molecule has 154 valence electrons. The van der Waals surface area contributed by atoms with Gasteiger partial charge in [-0.2, -0.15) is 0 Å². The number of hydrogen-bond donors (Lipinski definition) is 0. The minimum absolute atomic E-state index is 0.0808. The molecule has 3 rings (SSSR count). The van der Waals surface area contributed by atoms with E-state index in [0.717, 1.165) is 35.7 Å². The maximum Gasteiger partial charge on any atom is 0.349 e. The Balaban J connectivity index is 1.81. The molecule has 0 unspecified atom stereocenters. The van der Waals surface area contributed by atoms with Crippen LogP contribution in [0.2, 0.25) is 0 Å². The minimum atomic E-state index is -0.645. The summed E-state index contributed by atoms with van der Waals surface area (Å²) in [4.78, 5) is 25.6. The summed E-state index contributed by atoms with van der Waals surface area (Å²) in [6.07, 6.45) is 0.962. The molecule has 1 aromatic carbocycles. The highest BCUT2D eigenvalue weighted by Crippen LogP contribution is 2.34. The van der Waals surface area contributed by atoms with E-state index in [2.05, 4.69) is 11.5 Å². The molecule has 0 saturated heterocycles. The number of benzene rings is 1. The van der Waals surface area contributed by atoms with E-state index in [4.69, 9.17) is 9.47 Å². The van der Waals surface area contributed by atoms with E-state index in [-0.39, 0.29) is 23.9 Å². The first-order valence-corrected chi connectivity index (χ1v) is 10.3. The number of carbonyl (C=O) groups excluding carboxylic acids is 2. The molecule has 2 heterocycles. The first-order valence-electron chi connectivity index (χ1n) is 9.44. The number of ether oxygens (including phenoxy) is 2. The highest BCUT2D eigenvalue weighted by Gasteiger charge is 2.23. The second-order valence-corrected chi connectivity index (χ2v) is 7.94. The third kappa shape index (κ3) is 4.11. The van der Waals surface area contributed by atoms with Crippen molar-refractivity contribution in [3.8, 4) is 0 Å². The molecule has 0 saturated carbocycles. The fourth-order valence-electron chi connectivity index (χ4n) is 3.54. The molecule has 0 radical (unpaired) electrons. The van der Waals surface area contributed by atoms with Gasteiger partial charge in [0.1, 0.15) is 10.7 Å². The fourth-order valence-corrected chi connectivity index (χ4v) is 4.66. The predicted molar refractivity (Wildman–Crippen MR) is 111 cm³/mol. The summed E-state index contributed by atoms with van der Waals surface area (Å²) in [7, 11) is 1.48. The van der Waals surface area contributed by atoms with Gasteiger partial charge in [0, 0.05) is 46.3 Å². The lowest BCUT2D eigenvalue weighted by molar-refractivity contribution is 0.0476. The summed E-state index contributed by atoms with van der Waals surface area (Å²) in [5.41, 5.74) is 2.88. The van der Waals surface area contributed by atoms with Crippen LogP contribution in [0.1, 0.15) is 50.3 Å². The molecule has 0 N–H and O–H groups in total. The molecule has 2 aromatic heterocycles. The second-order valence-electron chi connectivity index (χ2n) is 6.89. The number of rotatable bonds is 8. The van der Waals surface area contributed by atoms with Gasteiger partial charge >= 0.3 is 5.97 Å². The normalized spacial score (nSPS) is 11.2. The molecule has 7 heteroatoms. The molecule has 0 bridgehead atoms. The van der Waals surface area contributed by atoms with Crippen LogP contribution in [-0.2, 0) is 22.6 Å². The topological polar surface area (TPSA) is 57.5 Å². The van der Waals surface area contributed by atoms with Crippen LogP contribution in [0.25, 0.3) is 10.1 Å². The number of Topliss-reactive ketones (excluding diaryl/α,β-unsaturated/α-hetero) is 1. The molecular formula is C22H24FNO4S. The largest absolute Gasteiger partial charge is 0.453 e. The van der Waals surface area contributed by atoms with Gasteiger partial charge < -0.3 is 14.0 Å². The Morgan fingerprint density at radius 1 is 1.24 bits per heavy atom. The van der Waals surface area contributed by atoms with Gasteiger partial charge in [0.15, 0.2) is 6.61 Å². The van der Waals surface area contributed by atoms with Crippen molar-refractivity contribution >= 4 is 33.2 Å². The van der Waals surface area contributed by atoms with Crippen molar-refractivity contribution in [1.82, 2.24) is 4.57 Å². The van der Waals surface area contributed by atoms with Crippen LogP contribution >= 0.6 is 11.3 Å². The molecule has 0 aliphatic carbocycles. The highest BCUT2D eigenvalue weighted by molar-refractivity contribution is 7.21. The van der Waals surface area contributed by atoms with E-state index >= 15 is 0 Å². The maximum absolute atomic E-state index is 14.3. The van der Waals surface area contributed by atoms with Gasteiger partial charge in [0.25, 0.3) is 0 Å². The van der Waals surface area contributed by atoms with Gasteiger partial charge in [-0.25, -0.2) is 9.18 Å². The average molecular weight is 418 g/mol. The van der Waals surface area contributed by atoms with Crippen molar-refractivity contribution in [2.45, 2.75) is 40.3 Å². The van der Waals surface area contributed by atoms with E-state index in [9.17, 15) is 14.0 Å². The third-order valence-electron chi connectivity index (χ3n) is 4.89. The Morgan fingerprint density at radius 2 is 2.00 bits per heavy atom. The van der Waals surface area contributed by atoms with Crippen molar-refractivity contribution in [2.75, 3.05) is 13.7 Å². The zero-order valence-corrected chi connectivity index (χ0v) is 17.8. The van der Waals surface area contributed by atoms with Gasteiger partial charge in [-0.05, 0) is 38.5 Å². The Kier molecular flexibility index (Phi) is 6.49. The SMILES string of the molecule is CCCn1c(C)cc(C(=O)COC(=O)c2sc3cccc(F)c3c2COC)c1C. The number of aromatic nitrogens is 1. The number of nitrogens with zero attached hydrogens (tertiary/aromatic N) is 1. The fraction of sp³-hybridized carbons (Fsp3) is 0.364. The monoisotopic (exact) mass is 417 g/mol. The quantitative estimate of drug-likeness (QED) is 0.380. The number of methoxy groups -OCH3 is 1. The van der Waals surface area contributed by atoms with Crippen LogP contribution < -0.4 is 0 Å². The second kappa shape index (κ2) is 8.88. The number of aryl methyl sites for hydroxylation is 1. The molecule has 0 aliphatic heterocycles. The first-order chi connectivity index (χ1) is 13.9. The van der Waals surface area contributed by atoms with Gasteiger partial charge in [0.05, 0.1) is 6.61 Å². The van der Waals surface area contributed by atoms with E-state index in [1.54, 1.807) is 12.1 Å². The van der Waals surface area contributed by atoms with Crippen molar-refractivity contribution in [3.05, 3.63) is 57.5 Å². The number of halogens is 1. The lowest BCUT2D eigenvalue weighted by Crippen LogP contribution is -2.15. The molecule has 0 spiro atoms. The number of ketones is 1. The minimum Gasteiger partial charge on any atom is -0.453 e. The lowest BCUT2D eigenvalue weighted by atomic mass is 10.1. The smallest absolute Gasteiger partial charge is 0.349 e. The zero-order valence-electron chi connectivity index (χ0n) is 17.0. The van der Waals surface area contributed by atoms with Gasteiger partial charge in [-0.3, -0.25) is 4.79 Å². The molecule has 29 heavy (non-hydrogen) atoms. The van der Waals surface area contributed by atoms with Crippen LogP contribution in [0.4, 0.5) is 4.39 Å². The maximum atomic E-state index is 14.3. The van der Waals surface area contributed by atoms with Crippen molar-refractivity contribution in [3.63, 3.8) is 0 Å². The predicted octanol–water partition coefficient (Wildman–Crippen LogP) is 5.05. The summed E-state index contributed by atoms with van der Waals surface area (Å²) in [6.45, 7) is 6.47. The van der Waals surface area contributed by atoms with E-state index in [1.165, 1.54) is 13.2 Å². The number of carbonyl (C=O) groups is 2. The molecule has 0 amide bonds. The molecule has 0 atom stereocenters. The standard InChI is InChI=1S/C22H24FNO4S/c1-5-9-24-13(2)10-15(14(24)3)18(25)12-28-22(26)21-16(11-27-4)20-17(23)7-6-8-19(20)29-21/h6-8,10H,5,9,11-12H2,1-4H3. The van der Waals surface area contributed by atoms with Crippen LogP contribution in [0, 0.1) is 19.7 Å². The number of thiophene rings is 1. The summed E-state index contributed by atoms with van der Waals surface area (Å²) >= 11 is 1.14. The van der Waals surface area contributed by atoms with E-state index in [1.807, 2.05) is 19.9 Å². The van der Waals surface area contributed by atoms with Gasteiger partial charge in [0.2, 0.25) is 5.78 Å². The van der Waals surface area contributed by atoms with Crippen LogP contribution in [-0.4, -0.2) is 30.0 Å². The van der Waals surface area contributed by atoms with Crippen molar-refractivity contribution in [1.29, 1.82) is 0 Å². The summed E-state index contributed by atoms with van der Waals surface area (Å²) in [6, 6.07) is 6.51. The summed E-state index contributed by atoms with van der Waals surface area (Å²) in [5, 5.41) is 0.362. The first kappa shape index (κ1) is 21.2. The van der Waals surface area contributed by atoms with Crippen molar-refractivity contribution < 1.29 is 23.5 Å². The average Bonchev–Trinajstić information content (AvgIpc) is 3.20. The van der Waals surface area contributed by atoms with Crippen LogP contribution in [0.5, 0.6) is 0 Å². The Labute approximate surface area is 173 Å². The molecule has 0 aliphatic rings. The number of esters is 1.